The SMILES string of the molecule is Cc1ccc(C(=O)NC(=S)NNC(=O)c2ccc(NC(=O)c3ccccc3)cc2)cc1. The van der Waals surface area contributed by atoms with Crippen LogP contribution in [0.1, 0.15) is 36.6 Å². The van der Waals surface area contributed by atoms with Gasteiger partial charge in [0.15, 0.2) is 5.11 Å². The Balaban J connectivity index is 1.49. The number of carbonyl (C=O) groups excluding carboxylic acids is 3. The minimum atomic E-state index is -0.451. The average molecular weight is 433 g/mol. The minimum Gasteiger partial charge on any atom is -0.322 e. The van der Waals surface area contributed by atoms with Gasteiger partial charge in [-0.05, 0) is 67.7 Å². The van der Waals surface area contributed by atoms with Crippen LogP contribution in [0.25, 0.3) is 0 Å². The number of nitrogens with one attached hydrogen (secondary N) is 4. The second-order valence-corrected chi connectivity index (χ2v) is 7.03. The molecular weight excluding hydrogens is 412 g/mol. The number of hydrazine groups is 1. The second kappa shape index (κ2) is 10.1. The third-order valence-electron chi connectivity index (χ3n) is 4.27. The molecule has 0 radical (unpaired) electrons. The number of carbonyl (C=O) groups is 3. The molecule has 0 aliphatic heterocycles. The van der Waals surface area contributed by atoms with Crippen LogP contribution in [0.2, 0.25) is 0 Å². The molecule has 3 aromatic carbocycles. The Labute approximate surface area is 184 Å². The molecule has 0 saturated heterocycles. The number of hydrogen-bond acceptors (Lipinski definition) is 4. The van der Waals surface area contributed by atoms with Crippen LogP contribution in [0.3, 0.4) is 0 Å². The molecule has 3 aromatic rings. The van der Waals surface area contributed by atoms with Crippen LogP contribution >= 0.6 is 12.2 Å². The van der Waals surface area contributed by atoms with Crippen LogP contribution in [0.4, 0.5) is 5.69 Å². The van der Waals surface area contributed by atoms with E-state index in [1.165, 1.54) is 0 Å². The predicted octanol–water partition coefficient (Wildman–Crippen LogP) is 3.20. The van der Waals surface area contributed by atoms with Gasteiger partial charge in [0.05, 0.1) is 0 Å². The summed E-state index contributed by atoms with van der Waals surface area (Å²) in [6.07, 6.45) is 0. The van der Waals surface area contributed by atoms with E-state index in [1.54, 1.807) is 60.7 Å². The molecule has 4 N–H and O–H groups in total. The lowest BCUT2D eigenvalue weighted by Crippen LogP contribution is -2.48. The third-order valence-corrected chi connectivity index (χ3v) is 4.48. The van der Waals surface area contributed by atoms with Gasteiger partial charge in [-0.1, -0.05) is 35.9 Å². The van der Waals surface area contributed by atoms with Crippen LogP contribution in [0, 0.1) is 6.92 Å². The molecule has 0 heterocycles. The second-order valence-electron chi connectivity index (χ2n) is 6.63. The monoisotopic (exact) mass is 432 g/mol. The number of benzene rings is 3. The number of aryl methyl sites for hydroxylation is 1. The Morgan fingerprint density at radius 3 is 1.84 bits per heavy atom. The van der Waals surface area contributed by atoms with Crippen LogP contribution < -0.4 is 21.5 Å². The summed E-state index contributed by atoms with van der Waals surface area (Å²) in [7, 11) is 0. The number of anilines is 1. The van der Waals surface area contributed by atoms with E-state index in [0.29, 0.717) is 22.4 Å². The van der Waals surface area contributed by atoms with Gasteiger partial charge in [-0.15, -0.1) is 0 Å². The van der Waals surface area contributed by atoms with Crippen LogP contribution in [0.15, 0.2) is 78.9 Å². The van der Waals surface area contributed by atoms with Crippen molar-refractivity contribution >= 4 is 40.7 Å². The van der Waals surface area contributed by atoms with Gasteiger partial charge in [0.2, 0.25) is 0 Å². The van der Waals surface area contributed by atoms with Crippen molar-refractivity contribution in [2.75, 3.05) is 5.32 Å². The molecule has 3 rings (SSSR count). The summed E-state index contributed by atoms with van der Waals surface area (Å²) in [5.74, 6) is -1.08. The average Bonchev–Trinajstić information content (AvgIpc) is 2.79. The van der Waals surface area contributed by atoms with Crippen molar-refractivity contribution in [1.29, 1.82) is 0 Å². The van der Waals surface area contributed by atoms with Gasteiger partial charge >= 0.3 is 0 Å². The molecule has 0 atom stereocenters. The molecule has 156 valence electrons. The van der Waals surface area contributed by atoms with Crippen molar-refractivity contribution in [1.82, 2.24) is 16.2 Å². The van der Waals surface area contributed by atoms with Gasteiger partial charge in [-0.25, -0.2) is 0 Å². The lowest BCUT2D eigenvalue weighted by Gasteiger charge is -2.11. The van der Waals surface area contributed by atoms with E-state index in [0.717, 1.165) is 5.56 Å². The molecular formula is C23H20N4O3S. The van der Waals surface area contributed by atoms with E-state index in [2.05, 4.69) is 21.5 Å². The lowest BCUT2D eigenvalue weighted by molar-refractivity contribution is 0.0934. The summed E-state index contributed by atoms with van der Waals surface area (Å²) in [6, 6.07) is 22.2. The topological polar surface area (TPSA) is 99.3 Å². The van der Waals surface area contributed by atoms with Crippen LogP contribution in [0.5, 0.6) is 0 Å². The number of rotatable bonds is 4. The lowest BCUT2D eigenvalue weighted by atomic mass is 10.1. The van der Waals surface area contributed by atoms with Gasteiger partial charge in [-0.3, -0.25) is 30.6 Å². The third kappa shape index (κ3) is 6.22. The summed E-state index contributed by atoms with van der Waals surface area (Å²) in [5.41, 5.74) is 7.84. The van der Waals surface area contributed by atoms with Crippen molar-refractivity contribution in [2.45, 2.75) is 6.92 Å². The van der Waals surface area contributed by atoms with Gasteiger partial charge in [0.1, 0.15) is 0 Å². The zero-order valence-corrected chi connectivity index (χ0v) is 17.5. The van der Waals surface area contributed by atoms with Crippen molar-refractivity contribution in [3.8, 4) is 0 Å². The molecule has 0 spiro atoms. The highest BCUT2D eigenvalue weighted by molar-refractivity contribution is 7.80. The largest absolute Gasteiger partial charge is 0.322 e. The van der Waals surface area contributed by atoms with Crippen molar-refractivity contribution in [2.24, 2.45) is 0 Å². The minimum absolute atomic E-state index is 0.0364. The first-order valence-corrected chi connectivity index (χ1v) is 9.78. The Bertz CT molecular complexity index is 1100. The van der Waals surface area contributed by atoms with Crippen LogP contribution in [-0.4, -0.2) is 22.8 Å². The van der Waals surface area contributed by atoms with Crippen LogP contribution in [-0.2, 0) is 0 Å². The molecule has 0 aliphatic rings. The zero-order valence-electron chi connectivity index (χ0n) is 16.6. The normalized spacial score (nSPS) is 9.97. The maximum absolute atomic E-state index is 12.3. The van der Waals surface area contributed by atoms with Gasteiger partial charge in [0.25, 0.3) is 17.7 Å². The Morgan fingerprint density at radius 1 is 0.645 bits per heavy atom. The molecule has 0 aromatic heterocycles. The van der Waals surface area contributed by atoms with Crippen molar-refractivity contribution in [3.63, 3.8) is 0 Å². The van der Waals surface area contributed by atoms with E-state index >= 15 is 0 Å². The molecule has 3 amide bonds. The van der Waals surface area contributed by atoms with Crippen molar-refractivity contribution < 1.29 is 14.4 Å². The Morgan fingerprint density at radius 2 is 1.19 bits per heavy atom. The first-order valence-electron chi connectivity index (χ1n) is 9.37. The highest BCUT2D eigenvalue weighted by atomic mass is 32.1. The Kier molecular flexibility index (Phi) is 7.08. The first kappa shape index (κ1) is 21.7. The number of thiocarbonyl (C=S) groups is 1. The highest BCUT2D eigenvalue weighted by Gasteiger charge is 2.10. The van der Waals surface area contributed by atoms with Crippen molar-refractivity contribution in [3.05, 3.63) is 101 Å². The number of amides is 3. The highest BCUT2D eigenvalue weighted by Crippen LogP contribution is 2.11. The molecule has 0 fully saturated rings. The van der Waals surface area contributed by atoms with E-state index in [-0.39, 0.29) is 16.9 Å². The molecule has 0 bridgehead atoms. The molecule has 7 nitrogen and oxygen atoms in total. The van der Waals surface area contributed by atoms with E-state index in [4.69, 9.17) is 12.2 Å². The summed E-state index contributed by atoms with van der Waals surface area (Å²) < 4.78 is 0. The van der Waals surface area contributed by atoms with Gasteiger partial charge < -0.3 is 5.32 Å². The van der Waals surface area contributed by atoms with E-state index in [9.17, 15) is 14.4 Å². The molecule has 0 aliphatic carbocycles. The van der Waals surface area contributed by atoms with Gasteiger partial charge in [-0.2, -0.15) is 0 Å². The maximum Gasteiger partial charge on any atom is 0.269 e. The first-order chi connectivity index (χ1) is 14.9. The maximum atomic E-state index is 12.3. The summed E-state index contributed by atoms with van der Waals surface area (Å²) in [5, 5.41) is 5.21. The fourth-order valence-corrected chi connectivity index (χ4v) is 2.74. The summed E-state index contributed by atoms with van der Waals surface area (Å²) in [6.45, 7) is 1.92. The Hall–Kier alpha value is -4.04. The zero-order chi connectivity index (χ0) is 22.2. The molecule has 31 heavy (non-hydrogen) atoms. The molecule has 0 saturated carbocycles. The fourth-order valence-electron chi connectivity index (χ4n) is 2.59. The standard InChI is InChI=1S/C23H20N4O3S/c1-15-7-9-17(10-8-15)21(29)25-23(31)27-26-22(30)18-11-13-19(14-12-18)24-20(28)16-5-3-2-4-6-16/h2-14H,1H3,(H,24,28)(H,26,30)(H2,25,27,29,31). The predicted molar refractivity (Wildman–Crippen MR) is 123 cm³/mol. The summed E-state index contributed by atoms with van der Waals surface area (Å²) in [4.78, 5) is 36.6. The van der Waals surface area contributed by atoms with E-state index < -0.39 is 5.91 Å². The smallest absolute Gasteiger partial charge is 0.269 e. The fraction of sp³-hybridized carbons (Fsp3) is 0.0435. The van der Waals surface area contributed by atoms with Gasteiger partial charge in [0, 0.05) is 22.4 Å². The van der Waals surface area contributed by atoms with E-state index in [1.807, 2.05) is 25.1 Å². The molecule has 8 heteroatoms. The quantitative estimate of drug-likeness (QED) is 0.375. The number of hydrogen-bond donors (Lipinski definition) is 4. The molecule has 0 unspecified atom stereocenters. The summed E-state index contributed by atoms with van der Waals surface area (Å²) >= 11 is 5.03.